The van der Waals surface area contributed by atoms with Gasteiger partial charge in [-0.1, -0.05) is 32.9 Å². The van der Waals surface area contributed by atoms with Crippen molar-refractivity contribution in [2.75, 3.05) is 13.1 Å². The second-order valence-electron chi connectivity index (χ2n) is 8.13. The molecule has 118 valence electrons. The van der Waals surface area contributed by atoms with E-state index in [-0.39, 0.29) is 5.41 Å². The third-order valence-corrected chi connectivity index (χ3v) is 5.87. The molecule has 21 heavy (non-hydrogen) atoms. The van der Waals surface area contributed by atoms with E-state index in [1.165, 1.54) is 25.7 Å². The number of nitrogens with zero attached hydrogens (tertiary/aromatic N) is 2. The van der Waals surface area contributed by atoms with Gasteiger partial charge in [0.05, 0.1) is 5.41 Å². The van der Waals surface area contributed by atoms with Gasteiger partial charge in [-0.25, -0.2) is 0 Å². The van der Waals surface area contributed by atoms with Gasteiger partial charge in [0.15, 0.2) is 5.82 Å². The molecule has 1 aromatic rings. The lowest BCUT2D eigenvalue weighted by Crippen LogP contribution is -2.35. The predicted octanol–water partition coefficient (Wildman–Crippen LogP) is 3.64. The zero-order valence-corrected chi connectivity index (χ0v) is 13.9. The highest BCUT2D eigenvalue weighted by molar-refractivity contribution is 5.13. The van der Waals surface area contributed by atoms with E-state index in [4.69, 9.17) is 9.51 Å². The molecule has 4 nitrogen and oxygen atoms in total. The number of hydrogen-bond donors (Lipinski definition) is 1. The van der Waals surface area contributed by atoms with Crippen molar-refractivity contribution in [1.29, 1.82) is 0 Å². The lowest BCUT2D eigenvalue weighted by molar-refractivity contribution is 0.216. The van der Waals surface area contributed by atoms with Crippen molar-refractivity contribution < 1.29 is 4.52 Å². The lowest BCUT2D eigenvalue weighted by atomic mass is 9.73. The van der Waals surface area contributed by atoms with Gasteiger partial charge in [0, 0.05) is 12.5 Å². The summed E-state index contributed by atoms with van der Waals surface area (Å²) < 4.78 is 5.72. The summed E-state index contributed by atoms with van der Waals surface area (Å²) >= 11 is 0. The molecular weight excluding hydrogens is 262 g/mol. The van der Waals surface area contributed by atoms with Gasteiger partial charge in [0.2, 0.25) is 5.89 Å². The second-order valence-corrected chi connectivity index (χ2v) is 8.13. The minimum atomic E-state index is 0.0409. The van der Waals surface area contributed by atoms with Gasteiger partial charge in [-0.15, -0.1) is 0 Å². The van der Waals surface area contributed by atoms with E-state index in [1.807, 2.05) is 0 Å². The van der Waals surface area contributed by atoms with Crippen LogP contribution in [0.2, 0.25) is 0 Å². The average Bonchev–Trinajstić information content (AvgIpc) is 3.08. The quantitative estimate of drug-likeness (QED) is 0.923. The number of nitrogens with one attached hydrogen (secondary N) is 1. The van der Waals surface area contributed by atoms with E-state index in [0.29, 0.717) is 17.3 Å². The van der Waals surface area contributed by atoms with Crippen molar-refractivity contribution in [1.82, 2.24) is 15.5 Å². The van der Waals surface area contributed by atoms with Crippen molar-refractivity contribution >= 4 is 0 Å². The van der Waals surface area contributed by atoms with Crippen LogP contribution in [0.25, 0.3) is 0 Å². The molecule has 1 saturated carbocycles. The summed E-state index contributed by atoms with van der Waals surface area (Å²) in [7, 11) is 0. The smallest absolute Gasteiger partial charge is 0.234 e. The largest absolute Gasteiger partial charge is 0.339 e. The van der Waals surface area contributed by atoms with Crippen LogP contribution < -0.4 is 5.32 Å². The first-order chi connectivity index (χ1) is 9.93. The molecule has 4 heteroatoms. The molecule has 0 amide bonds. The molecule has 3 rings (SSSR count). The molecule has 1 N–H and O–H groups in total. The lowest BCUT2D eigenvalue weighted by Gasteiger charge is -2.33. The molecule has 2 fully saturated rings. The number of rotatable bonds is 3. The maximum Gasteiger partial charge on any atom is 0.234 e. The zero-order chi connectivity index (χ0) is 15.1. The van der Waals surface area contributed by atoms with Crippen LogP contribution in [0.1, 0.15) is 77.4 Å². The highest BCUT2D eigenvalue weighted by atomic mass is 16.5. The second kappa shape index (κ2) is 5.38. The van der Waals surface area contributed by atoms with E-state index >= 15 is 0 Å². The maximum atomic E-state index is 5.72. The molecule has 1 aliphatic heterocycles. The number of hydrogen-bond acceptors (Lipinski definition) is 4. The van der Waals surface area contributed by atoms with Crippen LogP contribution in [0, 0.1) is 11.3 Å². The molecule has 1 atom stereocenters. The van der Waals surface area contributed by atoms with Crippen molar-refractivity contribution in [2.45, 2.75) is 71.1 Å². The van der Waals surface area contributed by atoms with Gasteiger partial charge in [0.1, 0.15) is 0 Å². The minimum Gasteiger partial charge on any atom is -0.339 e. The Kier molecular flexibility index (Phi) is 3.85. The Morgan fingerprint density at radius 3 is 2.48 bits per heavy atom. The Labute approximate surface area is 128 Å². The first kappa shape index (κ1) is 15.0. The third-order valence-electron chi connectivity index (χ3n) is 5.87. The predicted molar refractivity (Wildman–Crippen MR) is 83.3 cm³/mol. The summed E-state index contributed by atoms with van der Waals surface area (Å²) in [5, 5.41) is 7.81. The normalized spacial score (nSPS) is 30.1. The summed E-state index contributed by atoms with van der Waals surface area (Å²) in [6, 6.07) is 0. The van der Waals surface area contributed by atoms with Gasteiger partial charge in [-0.05, 0) is 50.0 Å². The summed E-state index contributed by atoms with van der Waals surface area (Å²) in [5.41, 5.74) is 0.525. The highest BCUT2D eigenvalue weighted by Gasteiger charge is 2.44. The summed E-state index contributed by atoms with van der Waals surface area (Å²) in [4.78, 5) is 4.84. The monoisotopic (exact) mass is 291 g/mol. The molecule has 0 spiro atoms. The van der Waals surface area contributed by atoms with Crippen LogP contribution in [0.4, 0.5) is 0 Å². The topological polar surface area (TPSA) is 51.0 Å². The van der Waals surface area contributed by atoms with E-state index < -0.39 is 0 Å². The van der Waals surface area contributed by atoms with Crippen LogP contribution in [-0.4, -0.2) is 23.2 Å². The van der Waals surface area contributed by atoms with Crippen LogP contribution in [0.5, 0.6) is 0 Å². The fourth-order valence-corrected chi connectivity index (χ4v) is 3.89. The molecule has 0 bridgehead atoms. The maximum absolute atomic E-state index is 5.72. The molecule has 1 aliphatic carbocycles. The molecule has 2 heterocycles. The molecule has 0 radical (unpaired) electrons. The van der Waals surface area contributed by atoms with Crippen molar-refractivity contribution in [2.24, 2.45) is 11.3 Å². The summed E-state index contributed by atoms with van der Waals surface area (Å²) in [6.45, 7) is 11.3. The Morgan fingerprint density at radius 2 is 1.90 bits per heavy atom. The number of aromatic nitrogens is 2. The van der Waals surface area contributed by atoms with Crippen molar-refractivity contribution in [3.8, 4) is 0 Å². The van der Waals surface area contributed by atoms with Crippen LogP contribution in [-0.2, 0) is 5.41 Å². The fourth-order valence-electron chi connectivity index (χ4n) is 3.89. The Morgan fingerprint density at radius 1 is 1.19 bits per heavy atom. The molecule has 0 aromatic carbocycles. The van der Waals surface area contributed by atoms with Crippen LogP contribution >= 0.6 is 0 Å². The first-order valence-electron chi connectivity index (χ1n) is 8.48. The van der Waals surface area contributed by atoms with Gasteiger partial charge in [-0.3, -0.25) is 0 Å². The third kappa shape index (κ3) is 2.75. The van der Waals surface area contributed by atoms with Gasteiger partial charge in [-0.2, -0.15) is 4.98 Å². The van der Waals surface area contributed by atoms with E-state index in [2.05, 4.69) is 38.2 Å². The summed E-state index contributed by atoms with van der Waals surface area (Å²) in [5.74, 6) is 2.83. The Bertz CT molecular complexity index is 476. The van der Waals surface area contributed by atoms with Crippen molar-refractivity contribution in [3.63, 3.8) is 0 Å². The molecule has 2 aliphatic rings. The molecule has 1 saturated heterocycles. The Hall–Kier alpha value is -0.900. The van der Waals surface area contributed by atoms with E-state index in [0.717, 1.165) is 31.2 Å². The standard InChI is InChI=1S/C17H29N3O/c1-12(2)17(9-10-18-11-17)15-19-14(20-21-15)13-5-7-16(3,4)8-6-13/h12-13,18H,5-11H2,1-4H3. The van der Waals surface area contributed by atoms with Crippen LogP contribution in [0.15, 0.2) is 4.52 Å². The zero-order valence-electron chi connectivity index (χ0n) is 13.9. The SMILES string of the molecule is CC(C)C1(c2nc(C3CCC(C)(C)CC3)no2)CCNC1. The van der Waals surface area contributed by atoms with Crippen LogP contribution in [0.3, 0.4) is 0 Å². The highest BCUT2D eigenvalue weighted by Crippen LogP contribution is 2.43. The van der Waals surface area contributed by atoms with E-state index in [1.54, 1.807) is 0 Å². The summed E-state index contributed by atoms with van der Waals surface area (Å²) in [6.07, 6.45) is 6.01. The van der Waals surface area contributed by atoms with Gasteiger partial charge in [0.25, 0.3) is 0 Å². The van der Waals surface area contributed by atoms with E-state index in [9.17, 15) is 0 Å². The molecular formula is C17H29N3O. The Balaban J connectivity index is 1.77. The fraction of sp³-hybridized carbons (Fsp3) is 0.882. The van der Waals surface area contributed by atoms with Gasteiger partial charge < -0.3 is 9.84 Å². The molecule has 1 aromatic heterocycles. The van der Waals surface area contributed by atoms with Gasteiger partial charge >= 0.3 is 0 Å². The first-order valence-corrected chi connectivity index (χ1v) is 8.48. The molecule has 1 unspecified atom stereocenters. The average molecular weight is 291 g/mol. The van der Waals surface area contributed by atoms with Crippen molar-refractivity contribution in [3.05, 3.63) is 11.7 Å². The minimum absolute atomic E-state index is 0.0409.